The second-order valence-corrected chi connectivity index (χ2v) is 6.37. The van der Waals surface area contributed by atoms with Crippen molar-refractivity contribution in [1.82, 2.24) is 10.3 Å². The molecule has 1 fully saturated rings. The van der Waals surface area contributed by atoms with Crippen molar-refractivity contribution in [3.05, 3.63) is 45.9 Å². The fourth-order valence-electron chi connectivity index (χ4n) is 1.97. The van der Waals surface area contributed by atoms with Gasteiger partial charge in [0, 0.05) is 17.3 Å². The first-order valence-corrected chi connectivity index (χ1v) is 8.14. The summed E-state index contributed by atoms with van der Waals surface area (Å²) in [6.07, 6.45) is 4.54. The Morgan fingerprint density at radius 2 is 1.95 bits per heavy atom. The fraction of sp³-hybridized carbons (Fsp3) is 0.312. The number of carbonyl (C=O) groups is 2. The van der Waals surface area contributed by atoms with Gasteiger partial charge < -0.3 is 10.6 Å². The third kappa shape index (κ3) is 3.51. The molecule has 2 N–H and O–H groups in total. The first-order valence-electron chi connectivity index (χ1n) is 7.32. The number of rotatable bonds is 5. The van der Waals surface area contributed by atoms with E-state index in [1.165, 1.54) is 11.3 Å². The number of hydrogen-bond donors (Lipinski definition) is 2. The monoisotopic (exact) mass is 315 g/mol. The molecule has 1 heterocycles. The van der Waals surface area contributed by atoms with Gasteiger partial charge >= 0.3 is 0 Å². The molecule has 1 aromatic heterocycles. The number of aromatic nitrogens is 1. The van der Waals surface area contributed by atoms with Gasteiger partial charge in [0.05, 0.1) is 11.2 Å². The van der Waals surface area contributed by atoms with E-state index < -0.39 is 0 Å². The summed E-state index contributed by atoms with van der Waals surface area (Å²) in [5.41, 5.74) is 1.27. The van der Waals surface area contributed by atoms with Crippen LogP contribution in [-0.4, -0.2) is 22.8 Å². The molecule has 114 valence electrons. The maximum absolute atomic E-state index is 12.1. The summed E-state index contributed by atoms with van der Waals surface area (Å²) in [5, 5.41) is 6.69. The summed E-state index contributed by atoms with van der Waals surface area (Å²) >= 11 is 1.39. The van der Waals surface area contributed by atoms with Gasteiger partial charge in [-0.3, -0.25) is 9.59 Å². The lowest BCUT2D eigenvalue weighted by molar-refractivity contribution is 0.0950. The van der Waals surface area contributed by atoms with Crippen LogP contribution in [0.5, 0.6) is 0 Å². The third-order valence-corrected chi connectivity index (χ3v) is 4.54. The van der Waals surface area contributed by atoms with E-state index in [4.69, 9.17) is 0 Å². The number of nitrogens with zero attached hydrogens (tertiary/aromatic N) is 1. The topological polar surface area (TPSA) is 71.1 Å². The number of benzene rings is 1. The first kappa shape index (κ1) is 14.7. The van der Waals surface area contributed by atoms with Gasteiger partial charge in [-0.25, -0.2) is 4.98 Å². The van der Waals surface area contributed by atoms with Gasteiger partial charge in [-0.1, -0.05) is 6.92 Å². The zero-order chi connectivity index (χ0) is 15.5. The van der Waals surface area contributed by atoms with Crippen LogP contribution in [0.2, 0.25) is 0 Å². The van der Waals surface area contributed by atoms with E-state index in [9.17, 15) is 9.59 Å². The zero-order valence-corrected chi connectivity index (χ0v) is 13.1. The van der Waals surface area contributed by atoms with Crippen LogP contribution in [0.3, 0.4) is 0 Å². The summed E-state index contributed by atoms with van der Waals surface area (Å²) in [5.74, 6) is -0.234. The normalized spacial score (nSPS) is 13.7. The van der Waals surface area contributed by atoms with E-state index in [2.05, 4.69) is 15.6 Å². The second-order valence-electron chi connectivity index (χ2n) is 5.25. The minimum atomic E-state index is -0.174. The average molecular weight is 315 g/mol. The molecule has 0 spiro atoms. The highest BCUT2D eigenvalue weighted by molar-refractivity contribution is 7.13. The molecule has 2 aromatic rings. The molecular weight excluding hydrogens is 298 g/mol. The fourth-order valence-corrected chi connectivity index (χ4v) is 2.73. The molecule has 5 nitrogen and oxygen atoms in total. The molecule has 22 heavy (non-hydrogen) atoms. The smallest absolute Gasteiger partial charge is 0.267 e. The molecule has 2 amide bonds. The average Bonchev–Trinajstić information content (AvgIpc) is 3.20. The molecule has 1 saturated carbocycles. The molecule has 0 saturated heterocycles. The maximum Gasteiger partial charge on any atom is 0.267 e. The predicted octanol–water partition coefficient (Wildman–Crippen LogP) is 2.85. The van der Waals surface area contributed by atoms with Gasteiger partial charge in [0.2, 0.25) is 0 Å². The van der Waals surface area contributed by atoms with Gasteiger partial charge in [-0.2, -0.15) is 0 Å². The summed E-state index contributed by atoms with van der Waals surface area (Å²) in [6, 6.07) is 7.25. The minimum Gasteiger partial charge on any atom is -0.349 e. The van der Waals surface area contributed by atoms with Crippen LogP contribution in [0.25, 0.3) is 0 Å². The Bertz CT molecular complexity index is 690. The quantitative estimate of drug-likeness (QED) is 0.891. The number of carbonyl (C=O) groups excluding carboxylic acids is 2. The van der Waals surface area contributed by atoms with Gasteiger partial charge in [-0.15, -0.1) is 11.3 Å². The van der Waals surface area contributed by atoms with Crippen LogP contribution in [0.4, 0.5) is 5.69 Å². The number of hydrogen-bond acceptors (Lipinski definition) is 4. The lowest BCUT2D eigenvalue weighted by Gasteiger charge is -2.06. The van der Waals surface area contributed by atoms with Crippen LogP contribution in [-0.2, 0) is 6.42 Å². The van der Waals surface area contributed by atoms with Crippen molar-refractivity contribution in [2.45, 2.75) is 32.2 Å². The van der Waals surface area contributed by atoms with Crippen molar-refractivity contribution in [2.75, 3.05) is 5.32 Å². The van der Waals surface area contributed by atoms with Gasteiger partial charge in [0.15, 0.2) is 0 Å². The molecule has 3 rings (SSSR count). The number of aryl methyl sites for hydroxylation is 1. The molecule has 0 bridgehead atoms. The van der Waals surface area contributed by atoms with E-state index in [1.807, 2.05) is 6.92 Å². The molecule has 6 heteroatoms. The van der Waals surface area contributed by atoms with E-state index in [1.54, 1.807) is 30.5 Å². The van der Waals surface area contributed by atoms with Crippen LogP contribution >= 0.6 is 11.3 Å². The van der Waals surface area contributed by atoms with E-state index >= 15 is 0 Å². The van der Waals surface area contributed by atoms with Gasteiger partial charge in [0.25, 0.3) is 11.8 Å². The van der Waals surface area contributed by atoms with Crippen molar-refractivity contribution in [1.29, 1.82) is 0 Å². The largest absolute Gasteiger partial charge is 0.349 e. The Morgan fingerprint density at radius 1 is 1.23 bits per heavy atom. The van der Waals surface area contributed by atoms with Crippen LogP contribution in [0.1, 0.15) is 44.8 Å². The summed E-state index contributed by atoms with van der Waals surface area (Å²) in [4.78, 5) is 28.7. The third-order valence-electron chi connectivity index (χ3n) is 3.40. The lowest BCUT2D eigenvalue weighted by Crippen LogP contribution is -2.25. The van der Waals surface area contributed by atoms with E-state index in [-0.39, 0.29) is 11.8 Å². The van der Waals surface area contributed by atoms with Crippen LogP contribution < -0.4 is 10.6 Å². The van der Waals surface area contributed by atoms with Crippen molar-refractivity contribution in [2.24, 2.45) is 0 Å². The number of nitrogens with one attached hydrogen (secondary N) is 2. The Morgan fingerprint density at radius 3 is 2.55 bits per heavy atom. The molecular formula is C16H17N3O2S. The van der Waals surface area contributed by atoms with Crippen molar-refractivity contribution in [3.63, 3.8) is 0 Å². The lowest BCUT2D eigenvalue weighted by atomic mass is 10.2. The van der Waals surface area contributed by atoms with Crippen LogP contribution in [0.15, 0.2) is 30.5 Å². The summed E-state index contributed by atoms with van der Waals surface area (Å²) in [6.45, 7) is 2.01. The van der Waals surface area contributed by atoms with Gasteiger partial charge in [-0.05, 0) is 43.5 Å². The highest BCUT2D eigenvalue weighted by Crippen LogP contribution is 2.20. The van der Waals surface area contributed by atoms with Crippen LogP contribution in [0, 0.1) is 0 Å². The molecule has 0 atom stereocenters. The molecule has 1 aliphatic carbocycles. The van der Waals surface area contributed by atoms with Crippen molar-refractivity contribution >= 4 is 28.8 Å². The Hall–Kier alpha value is -2.21. The Kier molecular flexibility index (Phi) is 4.20. The standard InChI is InChI=1S/C16H17N3O2S/c1-2-14-17-9-13(22-14)16(21)19-11-5-3-10(4-6-11)15(20)18-12-7-8-12/h3-6,9,12H,2,7-8H2,1H3,(H,18,20)(H,19,21). The van der Waals surface area contributed by atoms with Crippen molar-refractivity contribution < 1.29 is 9.59 Å². The highest BCUT2D eigenvalue weighted by Gasteiger charge is 2.23. The second kappa shape index (κ2) is 6.27. The molecule has 0 unspecified atom stereocenters. The highest BCUT2D eigenvalue weighted by atomic mass is 32.1. The maximum atomic E-state index is 12.1. The molecule has 0 aliphatic heterocycles. The Balaban J connectivity index is 1.62. The number of amides is 2. The Labute approximate surface area is 132 Å². The molecule has 1 aromatic carbocycles. The number of thiazole rings is 1. The summed E-state index contributed by atoms with van der Waals surface area (Å²) in [7, 11) is 0. The van der Waals surface area contributed by atoms with E-state index in [0.29, 0.717) is 22.2 Å². The van der Waals surface area contributed by atoms with Gasteiger partial charge in [0.1, 0.15) is 4.88 Å². The number of anilines is 1. The zero-order valence-electron chi connectivity index (χ0n) is 12.3. The van der Waals surface area contributed by atoms with E-state index in [0.717, 1.165) is 24.3 Å². The molecule has 1 aliphatic rings. The first-order chi connectivity index (χ1) is 10.7. The van der Waals surface area contributed by atoms with Crippen molar-refractivity contribution in [3.8, 4) is 0 Å². The predicted molar refractivity (Wildman–Crippen MR) is 86.4 cm³/mol. The SMILES string of the molecule is CCc1ncc(C(=O)Nc2ccc(C(=O)NC3CC3)cc2)s1. The minimum absolute atomic E-state index is 0.0598. The summed E-state index contributed by atoms with van der Waals surface area (Å²) < 4.78 is 0. The molecule has 0 radical (unpaired) electrons.